The molecule has 98 valence electrons. The van der Waals surface area contributed by atoms with Crippen molar-refractivity contribution in [3.8, 4) is 6.07 Å². The van der Waals surface area contributed by atoms with Crippen LogP contribution in [0.2, 0.25) is 0 Å². The molecule has 0 saturated heterocycles. The van der Waals surface area contributed by atoms with Crippen LogP contribution in [0.1, 0.15) is 25.3 Å². The summed E-state index contributed by atoms with van der Waals surface area (Å²) >= 11 is 0. The maximum absolute atomic E-state index is 13.5. The van der Waals surface area contributed by atoms with Crippen molar-refractivity contribution < 1.29 is 13.5 Å². The molecule has 0 radical (unpaired) electrons. The molecule has 1 rings (SSSR count). The van der Waals surface area contributed by atoms with Crippen LogP contribution in [0.5, 0.6) is 0 Å². The highest BCUT2D eigenvalue weighted by atomic mass is 19.2. The number of nitrogens with zero attached hydrogens (tertiary/aromatic N) is 1. The van der Waals surface area contributed by atoms with E-state index in [0.29, 0.717) is 26.2 Å². The molecule has 0 atom stereocenters. The Kier molecular flexibility index (Phi) is 6.09. The number of nitrogens with one attached hydrogen (secondary N) is 1. The fourth-order valence-corrected chi connectivity index (χ4v) is 1.42. The molecule has 3 nitrogen and oxygen atoms in total. The van der Waals surface area contributed by atoms with Crippen molar-refractivity contribution in [1.82, 2.24) is 0 Å². The third kappa shape index (κ3) is 3.97. The molecule has 18 heavy (non-hydrogen) atoms. The Morgan fingerprint density at radius 1 is 1.28 bits per heavy atom. The Balaban J connectivity index is 2.44. The molecule has 0 fully saturated rings. The molecule has 5 heteroatoms. The number of hydrogen-bond acceptors (Lipinski definition) is 3. The van der Waals surface area contributed by atoms with Gasteiger partial charge in [0.15, 0.2) is 11.6 Å². The van der Waals surface area contributed by atoms with Crippen LogP contribution in [0.3, 0.4) is 0 Å². The molecule has 0 bridgehead atoms. The van der Waals surface area contributed by atoms with E-state index in [0.717, 1.165) is 6.42 Å². The SMILES string of the molecule is CCCOCCCNc1ccc(C#N)c(F)c1F. The molecule has 0 heterocycles. The van der Waals surface area contributed by atoms with Gasteiger partial charge in [-0.2, -0.15) is 5.26 Å². The number of hydrogen-bond donors (Lipinski definition) is 1. The van der Waals surface area contributed by atoms with Crippen molar-refractivity contribution in [1.29, 1.82) is 5.26 Å². The van der Waals surface area contributed by atoms with Gasteiger partial charge in [-0.1, -0.05) is 6.92 Å². The lowest BCUT2D eigenvalue weighted by atomic mass is 10.2. The van der Waals surface area contributed by atoms with Crippen molar-refractivity contribution in [2.45, 2.75) is 19.8 Å². The van der Waals surface area contributed by atoms with Crippen LogP contribution in [0, 0.1) is 23.0 Å². The summed E-state index contributed by atoms with van der Waals surface area (Å²) in [5, 5.41) is 11.3. The van der Waals surface area contributed by atoms with Crippen LogP contribution in [-0.2, 0) is 4.74 Å². The fraction of sp³-hybridized carbons (Fsp3) is 0.462. The van der Waals surface area contributed by atoms with Gasteiger partial charge in [0.2, 0.25) is 0 Å². The maximum atomic E-state index is 13.5. The van der Waals surface area contributed by atoms with Crippen molar-refractivity contribution in [3.05, 3.63) is 29.3 Å². The largest absolute Gasteiger partial charge is 0.383 e. The lowest BCUT2D eigenvalue weighted by molar-refractivity contribution is 0.134. The predicted octanol–water partition coefficient (Wildman–Crippen LogP) is 3.07. The normalized spacial score (nSPS) is 10.1. The van der Waals surface area contributed by atoms with E-state index in [4.69, 9.17) is 10.00 Å². The molecule has 0 aliphatic rings. The van der Waals surface area contributed by atoms with Crippen molar-refractivity contribution >= 4 is 5.69 Å². The predicted molar refractivity (Wildman–Crippen MR) is 65.3 cm³/mol. The monoisotopic (exact) mass is 254 g/mol. The maximum Gasteiger partial charge on any atom is 0.183 e. The summed E-state index contributed by atoms with van der Waals surface area (Å²) in [5.41, 5.74) is -0.216. The van der Waals surface area contributed by atoms with E-state index >= 15 is 0 Å². The lowest BCUT2D eigenvalue weighted by Gasteiger charge is -2.08. The van der Waals surface area contributed by atoms with E-state index in [9.17, 15) is 8.78 Å². The van der Waals surface area contributed by atoms with Gasteiger partial charge in [-0.05, 0) is 25.0 Å². The molecule has 0 aromatic heterocycles. The zero-order chi connectivity index (χ0) is 13.4. The minimum atomic E-state index is -1.11. The highest BCUT2D eigenvalue weighted by Crippen LogP contribution is 2.19. The second-order valence-electron chi connectivity index (χ2n) is 3.79. The molecule has 0 unspecified atom stereocenters. The standard InChI is InChI=1S/C13H16F2N2O/c1-2-7-18-8-3-6-17-11-5-4-10(9-16)12(14)13(11)15/h4-5,17H,2-3,6-8H2,1H3. The summed E-state index contributed by atoms with van der Waals surface area (Å²) in [6.07, 6.45) is 1.67. The van der Waals surface area contributed by atoms with Crippen LogP contribution in [0.25, 0.3) is 0 Å². The Hall–Kier alpha value is -1.67. The van der Waals surface area contributed by atoms with Crippen LogP contribution in [0.4, 0.5) is 14.5 Å². The van der Waals surface area contributed by atoms with Crippen LogP contribution in [0.15, 0.2) is 12.1 Å². The molecule has 1 aromatic carbocycles. The average molecular weight is 254 g/mol. The number of anilines is 1. The van der Waals surface area contributed by atoms with Crippen molar-refractivity contribution in [2.24, 2.45) is 0 Å². The van der Waals surface area contributed by atoms with E-state index < -0.39 is 11.6 Å². The van der Waals surface area contributed by atoms with Gasteiger partial charge in [0, 0.05) is 19.8 Å². The molecule has 0 aliphatic carbocycles. The summed E-state index contributed by atoms with van der Waals surface area (Å²) in [6.45, 7) is 3.81. The number of benzene rings is 1. The number of ether oxygens (including phenoxy) is 1. The van der Waals surface area contributed by atoms with Crippen molar-refractivity contribution in [2.75, 3.05) is 25.1 Å². The fourth-order valence-electron chi connectivity index (χ4n) is 1.42. The average Bonchev–Trinajstić information content (AvgIpc) is 2.38. The highest BCUT2D eigenvalue weighted by molar-refractivity contribution is 5.49. The van der Waals surface area contributed by atoms with Crippen LogP contribution < -0.4 is 5.32 Å². The number of halogens is 2. The summed E-state index contributed by atoms with van der Waals surface area (Å²) in [4.78, 5) is 0. The smallest absolute Gasteiger partial charge is 0.183 e. The van der Waals surface area contributed by atoms with E-state index in [1.807, 2.05) is 6.92 Å². The topological polar surface area (TPSA) is 45.0 Å². The lowest BCUT2D eigenvalue weighted by Crippen LogP contribution is -2.08. The summed E-state index contributed by atoms with van der Waals surface area (Å²) in [5.74, 6) is -2.12. The Morgan fingerprint density at radius 3 is 2.72 bits per heavy atom. The van der Waals surface area contributed by atoms with Gasteiger partial charge in [-0.25, -0.2) is 8.78 Å². The van der Waals surface area contributed by atoms with E-state index in [1.54, 1.807) is 6.07 Å². The van der Waals surface area contributed by atoms with Crippen LogP contribution >= 0.6 is 0 Å². The highest BCUT2D eigenvalue weighted by Gasteiger charge is 2.12. The van der Waals surface area contributed by atoms with Crippen LogP contribution in [-0.4, -0.2) is 19.8 Å². The van der Waals surface area contributed by atoms with Gasteiger partial charge >= 0.3 is 0 Å². The van der Waals surface area contributed by atoms with Gasteiger partial charge in [0.25, 0.3) is 0 Å². The molecular formula is C13H16F2N2O. The first-order valence-electron chi connectivity index (χ1n) is 5.90. The van der Waals surface area contributed by atoms with E-state index in [-0.39, 0.29) is 11.3 Å². The molecule has 1 N–H and O–H groups in total. The Morgan fingerprint density at radius 2 is 2.06 bits per heavy atom. The zero-order valence-corrected chi connectivity index (χ0v) is 10.3. The van der Waals surface area contributed by atoms with Gasteiger partial charge in [0.1, 0.15) is 6.07 Å². The molecule has 0 amide bonds. The molecule has 1 aromatic rings. The van der Waals surface area contributed by atoms with Gasteiger partial charge < -0.3 is 10.1 Å². The molecule has 0 saturated carbocycles. The molecular weight excluding hydrogens is 238 g/mol. The van der Waals surface area contributed by atoms with E-state index in [2.05, 4.69) is 5.32 Å². The minimum Gasteiger partial charge on any atom is -0.383 e. The number of rotatable bonds is 7. The first kappa shape index (κ1) is 14.4. The molecule has 0 aliphatic heterocycles. The first-order valence-corrected chi connectivity index (χ1v) is 5.90. The second-order valence-corrected chi connectivity index (χ2v) is 3.79. The number of nitriles is 1. The van der Waals surface area contributed by atoms with Gasteiger partial charge in [-0.3, -0.25) is 0 Å². The zero-order valence-electron chi connectivity index (χ0n) is 10.3. The third-order valence-corrected chi connectivity index (χ3v) is 2.33. The Labute approximate surface area is 105 Å². The second kappa shape index (κ2) is 7.62. The third-order valence-electron chi connectivity index (χ3n) is 2.33. The summed E-state index contributed by atoms with van der Waals surface area (Å²) in [6, 6.07) is 4.21. The van der Waals surface area contributed by atoms with E-state index in [1.165, 1.54) is 12.1 Å². The molecule has 0 spiro atoms. The first-order chi connectivity index (χ1) is 8.70. The quantitative estimate of drug-likeness (QED) is 0.760. The van der Waals surface area contributed by atoms with Gasteiger partial charge in [0.05, 0.1) is 11.3 Å². The van der Waals surface area contributed by atoms with Gasteiger partial charge in [-0.15, -0.1) is 0 Å². The minimum absolute atomic E-state index is 0.0713. The summed E-state index contributed by atoms with van der Waals surface area (Å²) in [7, 11) is 0. The van der Waals surface area contributed by atoms with Crippen molar-refractivity contribution in [3.63, 3.8) is 0 Å². The Bertz CT molecular complexity index is 430. The summed E-state index contributed by atoms with van der Waals surface area (Å²) < 4.78 is 32.0.